The summed E-state index contributed by atoms with van der Waals surface area (Å²) in [5.41, 5.74) is 0. The van der Waals surface area contributed by atoms with E-state index in [2.05, 4.69) is 36.8 Å². The van der Waals surface area contributed by atoms with Crippen LogP contribution in [-0.4, -0.2) is 82.5 Å². The van der Waals surface area contributed by atoms with Gasteiger partial charge >= 0.3 is 0 Å². The number of guanidine groups is 1. The van der Waals surface area contributed by atoms with Crippen LogP contribution in [0.25, 0.3) is 0 Å². The second-order valence-corrected chi connectivity index (χ2v) is 7.35. The number of ether oxygens (including phenoxy) is 1. The van der Waals surface area contributed by atoms with E-state index >= 15 is 0 Å². The molecule has 0 aromatic carbocycles. The first kappa shape index (κ1) is 20.8. The third-order valence-corrected chi connectivity index (χ3v) is 5.67. The first-order valence-corrected chi connectivity index (χ1v) is 10.1. The Balaban J connectivity index is 0.00000210. The Hall–Kier alpha value is -0.940. The van der Waals surface area contributed by atoms with E-state index in [4.69, 9.17) is 9.73 Å². The maximum absolute atomic E-state index is 5.49. The molecule has 1 unspecified atom stereocenters. The first-order chi connectivity index (χ1) is 12.8. The lowest BCUT2D eigenvalue weighted by molar-refractivity contribution is 0.0195. The average Bonchev–Trinajstić information content (AvgIpc) is 3.33. The minimum Gasteiger partial charge on any atom is -0.379 e. The minimum atomic E-state index is 0. The van der Waals surface area contributed by atoms with Crippen molar-refractivity contribution in [2.24, 2.45) is 4.99 Å². The smallest absolute Gasteiger partial charge is 0.194 e. The number of hydrogen-bond donors (Lipinski definition) is 1. The maximum Gasteiger partial charge on any atom is 0.194 e. The zero-order valence-corrected chi connectivity index (χ0v) is 18.6. The normalized spacial score (nSPS) is 23.8. The van der Waals surface area contributed by atoms with E-state index in [1.807, 2.05) is 0 Å². The minimum absolute atomic E-state index is 0. The van der Waals surface area contributed by atoms with E-state index in [-0.39, 0.29) is 24.0 Å². The molecule has 0 spiro atoms. The van der Waals surface area contributed by atoms with Gasteiger partial charge in [0.1, 0.15) is 12.4 Å². The van der Waals surface area contributed by atoms with Crippen molar-refractivity contribution < 1.29 is 4.74 Å². The lowest BCUT2D eigenvalue weighted by Crippen LogP contribution is -2.46. The van der Waals surface area contributed by atoms with Crippen molar-refractivity contribution in [2.75, 3.05) is 45.9 Å². The molecule has 1 N–H and O–H groups in total. The van der Waals surface area contributed by atoms with Crippen molar-refractivity contribution >= 4 is 29.9 Å². The molecular weight excluding hydrogens is 457 g/mol. The summed E-state index contributed by atoms with van der Waals surface area (Å²) < 4.78 is 7.75. The molecule has 0 amide bonds. The Kier molecular flexibility index (Phi) is 7.71. The quantitative estimate of drug-likeness (QED) is 0.388. The first-order valence-electron chi connectivity index (χ1n) is 10.1. The number of rotatable bonds is 4. The molecule has 9 heteroatoms. The van der Waals surface area contributed by atoms with Crippen molar-refractivity contribution in [3.05, 3.63) is 11.6 Å². The summed E-state index contributed by atoms with van der Waals surface area (Å²) in [6.07, 6.45) is 4.69. The van der Waals surface area contributed by atoms with E-state index in [0.29, 0.717) is 12.6 Å². The number of nitrogens with zero attached hydrogens (tertiary/aromatic N) is 6. The number of aromatic nitrogens is 3. The molecule has 4 heterocycles. The molecule has 152 valence electrons. The van der Waals surface area contributed by atoms with Gasteiger partial charge in [0, 0.05) is 51.7 Å². The van der Waals surface area contributed by atoms with Crippen LogP contribution in [0.1, 0.15) is 37.8 Å². The van der Waals surface area contributed by atoms with Crippen molar-refractivity contribution in [1.29, 1.82) is 0 Å². The molecule has 0 saturated carbocycles. The fourth-order valence-electron chi connectivity index (χ4n) is 4.23. The van der Waals surface area contributed by atoms with Gasteiger partial charge in [0.25, 0.3) is 0 Å². The summed E-state index contributed by atoms with van der Waals surface area (Å²) in [5.74, 6) is 3.13. The Morgan fingerprint density at radius 3 is 2.85 bits per heavy atom. The van der Waals surface area contributed by atoms with Gasteiger partial charge in [0.15, 0.2) is 11.8 Å². The van der Waals surface area contributed by atoms with Crippen LogP contribution in [-0.2, 0) is 24.2 Å². The largest absolute Gasteiger partial charge is 0.379 e. The van der Waals surface area contributed by atoms with Crippen LogP contribution >= 0.6 is 24.0 Å². The van der Waals surface area contributed by atoms with Crippen LogP contribution in [0.4, 0.5) is 0 Å². The number of aliphatic imine (C=N–C) groups is 1. The van der Waals surface area contributed by atoms with E-state index in [9.17, 15) is 0 Å². The zero-order valence-electron chi connectivity index (χ0n) is 16.3. The Morgan fingerprint density at radius 2 is 2.04 bits per heavy atom. The number of fused-ring (bicyclic) bond motifs is 1. The molecule has 2 saturated heterocycles. The van der Waals surface area contributed by atoms with Gasteiger partial charge < -0.3 is 19.5 Å². The van der Waals surface area contributed by atoms with Crippen molar-refractivity contribution in [3.8, 4) is 0 Å². The summed E-state index contributed by atoms with van der Waals surface area (Å²) in [4.78, 5) is 9.86. The topological polar surface area (TPSA) is 70.8 Å². The van der Waals surface area contributed by atoms with Crippen LogP contribution in [0.15, 0.2) is 4.99 Å². The van der Waals surface area contributed by atoms with Gasteiger partial charge in [-0.15, -0.1) is 34.2 Å². The predicted octanol–water partition coefficient (Wildman–Crippen LogP) is 1.10. The van der Waals surface area contributed by atoms with Gasteiger partial charge in [-0.2, -0.15) is 0 Å². The van der Waals surface area contributed by atoms with Gasteiger partial charge in [-0.05, 0) is 26.2 Å². The molecule has 0 bridgehead atoms. The molecule has 0 aliphatic carbocycles. The molecule has 3 aliphatic heterocycles. The molecule has 3 aliphatic rings. The summed E-state index contributed by atoms with van der Waals surface area (Å²) in [6, 6.07) is 0.614. The third-order valence-electron chi connectivity index (χ3n) is 5.67. The van der Waals surface area contributed by atoms with Crippen LogP contribution < -0.4 is 5.32 Å². The molecule has 1 aromatic heterocycles. The van der Waals surface area contributed by atoms with E-state index in [0.717, 1.165) is 76.5 Å². The fraction of sp³-hybridized carbons (Fsp3) is 0.833. The van der Waals surface area contributed by atoms with Gasteiger partial charge in [-0.1, -0.05) is 0 Å². The molecule has 1 atom stereocenters. The van der Waals surface area contributed by atoms with E-state index < -0.39 is 0 Å². The lowest BCUT2D eigenvalue weighted by atomic mass is 10.2. The monoisotopic (exact) mass is 489 g/mol. The van der Waals surface area contributed by atoms with Crippen molar-refractivity contribution in [2.45, 2.75) is 51.7 Å². The number of nitrogens with one attached hydrogen (secondary N) is 1. The second-order valence-electron chi connectivity index (χ2n) is 7.35. The highest BCUT2D eigenvalue weighted by Gasteiger charge is 2.30. The zero-order chi connectivity index (χ0) is 17.8. The summed E-state index contributed by atoms with van der Waals surface area (Å²) >= 11 is 0. The number of aryl methyl sites for hydroxylation is 1. The fourth-order valence-corrected chi connectivity index (χ4v) is 4.23. The Bertz CT molecular complexity index is 629. The predicted molar refractivity (Wildman–Crippen MR) is 116 cm³/mol. The Labute approximate surface area is 178 Å². The van der Waals surface area contributed by atoms with Crippen molar-refractivity contribution in [3.63, 3.8) is 0 Å². The standard InChI is InChI=1S/C18H31N7O.HI/c1-2-19-18(20-13-17-22-21-16-5-3-4-7-25(16)17)24-8-6-15(14-24)23-9-11-26-12-10-23;/h15H,2-14H2,1H3,(H,19,20);1H. The highest BCUT2D eigenvalue weighted by molar-refractivity contribution is 14.0. The van der Waals surface area contributed by atoms with E-state index in [1.54, 1.807) is 0 Å². The molecule has 2 fully saturated rings. The average molecular weight is 489 g/mol. The number of halogens is 1. The molecule has 27 heavy (non-hydrogen) atoms. The van der Waals surface area contributed by atoms with Crippen LogP contribution in [0.2, 0.25) is 0 Å². The lowest BCUT2D eigenvalue weighted by Gasteiger charge is -2.32. The highest BCUT2D eigenvalue weighted by atomic mass is 127. The number of likely N-dealkylation sites (tertiary alicyclic amines) is 1. The van der Waals surface area contributed by atoms with Crippen molar-refractivity contribution in [1.82, 2.24) is 29.9 Å². The molecule has 8 nitrogen and oxygen atoms in total. The SMILES string of the molecule is CCNC(=NCc1nnc2n1CCCC2)N1CCC(N2CCOCC2)C1.I. The summed E-state index contributed by atoms with van der Waals surface area (Å²) in [7, 11) is 0. The molecule has 4 rings (SSSR count). The van der Waals surface area contributed by atoms with Gasteiger partial charge in [-0.3, -0.25) is 4.90 Å². The van der Waals surface area contributed by atoms with Crippen LogP contribution in [0, 0.1) is 0 Å². The van der Waals surface area contributed by atoms with E-state index in [1.165, 1.54) is 19.3 Å². The Morgan fingerprint density at radius 1 is 1.19 bits per heavy atom. The number of hydrogen-bond acceptors (Lipinski definition) is 5. The second kappa shape index (κ2) is 10.0. The molecular formula is C18H32IN7O. The number of morpholine rings is 1. The highest BCUT2D eigenvalue weighted by Crippen LogP contribution is 2.18. The molecule has 0 radical (unpaired) electrons. The van der Waals surface area contributed by atoms with Gasteiger partial charge in [0.05, 0.1) is 13.2 Å². The summed E-state index contributed by atoms with van der Waals surface area (Å²) in [6.45, 7) is 10.6. The van der Waals surface area contributed by atoms with Crippen LogP contribution in [0.3, 0.4) is 0 Å². The summed E-state index contributed by atoms with van der Waals surface area (Å²) in [5, 5.41) is 12.2. The molecule has 1 aromatic rings. The third kappa shape index (κ3) is 4.92. The van der Waals surface area contributed by atoms with Crippen LogP contribution in [0.5, 0.6) is 0 Å². The van der Waals surface area contributed by atoms with Gasteiger partial charge in [-0.25, -0.2) is 4.99 Å². The van der Waals surface area contributed by atoms with Gasteiger partial charge in [0.2, 0.25) is 0 Å². The maximum atomic E-state index is 5.49.